The summed E-state index contributed by atoms with van der Waals surface area (Å²) >= 11 is 1.05. The Kier molecular flexibility index (Phi) is 4.09. The zero-order chi connectivity index (χ0) is 14.7. The number of ether oxygens (including phenoxy) is 1. The first-order chi connectivity index (χ1) is 9.51. The van der Waals surface area contributed by atoms with Gasteiger partial charge in [0.2, 0.25) is 0 Å². The molecule has 0 aliphatic carbocycles. The van der Waals surface area contributed by atoms with Crippen LogP contribution in [0, 0.1) is 15.9 Å². The molecule has 20 heavy (non-hydrogen) atoms. The van der Waals surface area contributed by atoms with Gasteiger partial charge in [-0.2, -0.15) is 0 Å². The summed E-state index contributed by atoms with van der Waals surface area (Å²) in [7, 11) is 1.28. The Morgan fingerprint density at radius 1 is 1.35 bits per heavy atom. The normalized spacial score (nSPS) is 10.3. The van der Waals surface area contributed by atoms with E-state index in [2.05, 4.69) is 0 Å². The van der Waals surface area contributed by atoms with Crippen LogP contribution in [-0.4, -0.2) is 17.1 Å². The number of aromatic hydroxyl groups is 1. The Bertz CT molecular complexity index is 663. The van der Waals surface area contributed by atoms with E-state index in [1.807, 2.05) is 0 Å². The summed E-state index contributed by atoms with van der Waals surface area (Å²) in [6.45, 7) is 0. The number of nitro groups is 1. The zero-order valence-electron chi connectivity index (χ0n) is 10.4. The number of phenolic OH excluding ortho intramolecular Hbond substituents is 1. The van der Waals surface area contributed by atoms with Crippen molar-refractivity contribution in [2.45, 2.75) is 9.79 Å². The Labute approximate surface area is 118 Å². The smallest absolute Gasteiger partial charge is 0.286 e. The first-order valence-corrected chi connectivity index (χ1v) is 6.31. The van der Waals surface area contributed by atoms with Crippen LogP contribution in [0.25, 0.3) is 0 Å². The van der Waals surface area contributed by atoms with E-state index in [9.17, 15) is 19.6 Å². The highest BCUT2D eigenvalue weighted by molar-refractivity contribution is 7.99. The fourth-order valence-electron chi connectivity index (χ4n) is 1.58. The summed E-state index contributed by atoms with van der Waals surface area (Å²) in [5, 5.41) is 20.3. The maximum Gasteiger partial charge on any atom is 0.286 e. The monoisotopic (exact) mass is 295 g/mol. The molecule has 0 fully saturated rings. The molecule has 0 amide bonds. The molecule has 0 saturated carbocycles. The molecule has 0 spiro atoms. The van der Waals surface area contributed by atoms with E-state index in [4.69, 9.17) is 4.74 Å². The molecule has 2 aromatic rings. The van der Waals surface area contributed by atoms with Crippen molar-refractivity contribution in [3.63, 3.8) is 0 Å². The quantitative estimate of drug-likeness (QED) is 0.689. The largest absolute Gasteiger partial charge is 0.508 e. The molecule has 0 heterocycles. The first-order valence-electron chi connectivity index (χ1n) is 5.50. The third-order valence-corrected chi connectivity index (χ3v) is 3.51. The van der Waals surface area contributed by atoms with Gasteiger partial charge in [0.1, 0.15) is 5.75 Å². The van der Waals surface area contributed by atoms with E-state index < -0.39 is 10.7 Å². The molecule has 1 N–H and O–H groups in total. The Hall–Kier alpha value is -2.28. The standard InChI is InChI=1S/C13H10FNO4S/c1-19-12-7-13(11(15(17)18)6-10(12)14)20-9-4-2-3-8(16)5-9/h2-7,16H,1H3. The number of rotatable bonds is 4. The number of halogens is 1. The Balaban J connectivity index is 2.46. The van der Waals surface area contributed by atoms with Crippen LogP contribution in [-0.2, 0) is 0 Å². The lowest BCUT2D eigenvalue weighted by Gasteiger charge is -2.07. The van der Waals surface area contributed by atoms with Gasteiger partial charge in [-0.3, -0.25) is 10.1 Å². The van der Waals surface area contributed by atoms with Gasteiger partial charge in [0.25, 0.3) is 5.69 Å². The molecule has 0 radical (unpaired) electrons. The van der Waals surface area contributed by atoms with Crippen LogP contribution in [0.5, 0.6) is 11.5 Å². The summed E-state index contributed by atoms with van der Waals surface area (Å²) < 4.78 is 18.3. The minimum Gasteiger partial charge on any atom is -0.508 e. The van der Waals surface area contributed by atoms with Crippen LogP contribution in [0.2, 0.25) is 0 Å². The minimum absolute atomic E-state index is 0.0479. The van der Waals surface area contributed by atoms with Gasteiger partial charge < -0.3 is 9.84 Å². The molecule has 2 rings (SSSR count). The molecule has 0 unspecified atom stereocenters. The lowest BCUT2D eigenvalue weighted by molar-refractivity contribution is -0.387. The second kappa shape index (κ2) is 5.79. The van der Waals surface area contributed by atoms with Crippen molar-refractivity contribution in [3.05, 3.63) is 52.3 Å². The van der Waals surface area contributed by atoms with Crippen LogP contribution in [0.15, 0.2) is 46.2 Å². The number of benzene rings is 2. The number of methoxy groups -OCH3 is 1. The van der Waals surface area contributed by atoms with Gasteiger partial charge in [-0.05, 0) is 18.2 Å². The highest BCUT2D eigenvalue weighted by atomic mass is 32.2. The zero-order valence-corrected chi connectivity index (χ0v) is 11.2. The highest BCUT2D eigenvalue weighted by Gasteiger charge is 2.20. The average Bonchev–Trinajstić information content (AvgIpc) is 2.40. The van der Waals surface area contributed by atoms with Crippen molar-refractivity contribution >= 4 is 17.4 Å². The fourth-order valence-corrected chi connectivity index (χ4v) is 2.56. The highest BCUT2D eigenvalue weighted by Crippen LogP contribution is 2.39. The van der Waals surface area contributed by atoms with Gasteiger partial charge >= 0.3 is 0 Å². The fraction of sp³-hybridized carbons (Fsp3) is 0.0769. The lowest BCUT2D eigenvalue weighted by atomic mass is 10.3. The van der Waals surface area contributed by atoms with Crippen molar-refractivity contribution in [2.24, 2.45) is 0 Å². The van der Waals surface area contributed by atoms with E-state index in [1.165, 1.54) is 25.3 Å². The number of hydrogen-bond acceptors (Lipinski definition) is 5. The molecule has 0 aliphatic heterocycles. The van der Waals surface area contributed by atoms with Crippen molar-refractivity contribution in [2.75, 3.05) is 7.11 Å². The van der Waals surface area contributed by atoms with Gasteiger partial charge in [-0.1, -0.05) is 17.8 Å². The summed E-state index contributed by atoms with van der Waals surface area (Å²) in [5.41, 5.74) is -0.350. The molecule has 0 atom stereocenters. The van der Waals surface area contributed by atoms with Crippen molar-refractivity contribution in [3.8, 4) is 11.5 Å². The van der Waals surface area contributed by atoms with E-state index in [-0.39, 0.29) is 22.1 Å². The summed E-state index contributed by atoms with van der Waals surface area (Å²) in [4.78, 5) is 11.1. The molecule has 7 heteroatoms. The number of hydrogen-bond donors (Lipinski definition) is 1. The van der Waals surface area contributed by atoms with Crippen LogP contribution in [0.4, 0.5) is 10.1 Å². The second-order valence-electron chi connectivity index (χ2n) is 3.81. The van der Waals surface area contributed by atoms with Crippen molar-refractivity contribution < 1.29 is 19.2 Å². The average molecular weight is 295 g/mol. The van der Waals surface area contributed by atoms with E-state index in [0.29, 0.717) is 4.90 Å². The molecule has 0 aliphatic rings. The molecule has 0 aromatic heterocycles. The molecule has 0 saturated heterocycles. The number of phenols is 1. The first kappa shape index (κ1) is 14.1. The molecule has 104 valence electrons. The van der Waals surface area contributed by atoms with Crippen LogP contribution in [0.1, 0.15) is 0 Å². The molecule has 2 aromatic carbocycles. The van der Waals surface area contributed by atoms with Gasteiger partial charge in [0, 0.05) is 11.0 Å². The minimum atomic E-state index is -0.792. The third-order valence-electron chi connectivity index (χ3n) is 2.48. The van der Waals surface area contributed by atoms with E-state index in [0.717, 1.165) is 17.8 Å². The summed E-state index contributed by atoms with van der Waals surface area (Å²) in [6.07, 6.45) is 0. The van der Waals surface area contributed by atoms with Crippen molar-refractivity contribution in [1.29, 1.82) is 0 Å². The third kappa shape index (κ3) is 3.00. The molecule has 5 nitrogen and oxygen atoms in total. The Morgan fingerprint density at radius 2 is 2.10 bits per heavy atom. The summed E-state index contributed by atoms with van der Waals surface area (Å²) in [5.74, 6) is -0.815. The van der Waals surface area contributed by atoms with Gasteiger partial charge in [0.05, 0.1) is 23.0 Å². The maximum absolute atomic E-state index is 13.5. The molecular weight excluding hydrogens is 285 g/mol. The van der Waals surface area contributed by atoms with Gasteiger partial charge in [-0.15, -0.1) is 0 Å². The summed E-state index contributed by atoms with van der Waals surface area (Å²) in [6, 6.07) is 8.34. The predicted octanol–water partition coefficient (Wildman–Crippen LogP) is 3.60. The van der Waals surface area contributed by atoms with Gasteiger partial charge in [0.15, 0.2) is 11.6 Å². The van der Waals surface area contributed by atoms with E-state index in [1.54, 1.807) is 12.1 Å². The lowest BCUT2D eigenvalue weighted by Crippen LogP contribution is -1.95. The number of nitro benzene ring substituents is 1. The number of nitrogens with zero attached hydrogens (tertiary/aromatic N) is 1. The van der Waals surface area contributed by atoms with Crippen LogP contribution in [0.3, 0.4) is 0 Å². The molecular formula is C13H10FNO4S. The van der Waals surface area contributed by atoms with Crippen LogP contribution < -0.4 is 4.74 Å². The second-order valence-corrected chi connectivity index (χ2v) is 4.93. The van der Waals surface area contributed by atoms with Crippen molar-refractivity contribution in [1.82, 2.24) is 0 Å². The van der Waals surface area contributed by atoms with Crippen LogP contribution >= 0.6 is 11.8 Å². The maximum atomic E-state index is 13.5. The van der Waals surface area contributed by atoms with Gasteiger partial charge in [-0.25, -0.2) is 4.39 Å². The topological polar surface area (TPSA) is 72.6 Å². The predicted molar refractivity (Wildman–Crippen MR) is 71.8 cm³/mol. The molecule has 0 bridgehead atoms. The Morgan fingerprint density at radius 3 is 2.70 bits per heavy atom. The van der Waals surface area contributed by atoms with E-state index >= 15 is 0 Å². The SMILES string of the molecule is COc1cc(Sc2cccc(O)c2)c([N+](=O)[O-])cc1F.